The lowest BCUT2D eigenvalue weighted by atomic mass is 9.85. The van der Waals surface area contributed by atoms with E-state index in [2.05, 4.69) is 20.9 Å². The first-order valence-electron chi connectivity index (χ1n) is 6.10. The first kappa shape index (κ1) is 13.3. The van der Waals surface area contributed by atoms with Crippen LogP contribution in [0.2, 0.25) is 0 Å². The van der Waals surface area contributed by atoms with E-state index < -0.39 is 5.54 Å². The largest absolute Gasteiger partial charge is 0.507 e. The van der Waals surface area contributed by atoms with E-state index in [-0.39, 0.29) is 0 Å². The molecule has 1 fully saturated rings. The van der Waals surface area contributed by atoms with Crippen LogP contribution in [0, 0.1) is 13.8 Å². The van der Waals surface area contributed by atoms with Gasteiger partial charge in [-0.3, -0.25) is 0 Å². The molecule has 0 atom stereocenters. The summed E-state index contributed by atoms with van der Waals surface area (Å²) in [5.74, 6) is 0.292. The van der Waals surface area contributed by atoms with Gasteiger partial charge in [-0.2, -0.15) is 4.99 Å². The monoisotopic (exact) mass is 309 g/mol. The van der Waals surface area contributed by atoms with E-state index in [1.807, 2.05) is 19.9 Å². The van der Waals surface area contributed by atoms with Gasteiger partial charge in [0.25, 0.3) is 0 Å². The number of phenols is 1. The Morgan fingerprint density at radius 3 is 2.56 bits per heavy atom. The predicted octanol–water partition coefficient (Wildman–Crippen LogP) is 3.88. The number of hydrogen-bond acceptors (Lipinski definition) is 3. The maximum atomic E-state index is 10.7. The number of benzene rings is 1. The number of rotatable bonds is 2. The molecule has 0 aliphatic heterocycles. The third-order valence-corrected chi connectivity index (χ3v) is 4.47. The number of phenolic OH excluding ortho intramolecular Hbond substituents is 1. The highest BCUT2D eigenvalue weighted by Gasteiger charge is 2.39. The van der Waals surface area contributed by atoms with Gasteiger partial charge < -0.3 is 5.11 Å². The summed E-state index contributed by atoms with van der Waals surface area (Å²) < 4.78 is 0.913. The van der Waals surface area contributed by atoms with Crippen LogP contribution in [-0.2, 0) is 10.3 Å². The second kappa shape index (κ2) is 4.87. The van der Waals surface area contributed by atoms with Gasteiger partial charge in [0.2, 0.25) is 6.08 Å². The van der Waals surface area contributed by atoms with Crippen LogP contribution in [0.1, 0.15) is 42.4 Å². The van der Waals surface area contributed by atoms with Crippen molar-refractivity contribution in [3.8, 4) is 5.75 Å². The molecule has 3 nitrogen and oxygen atoms in total. The van der Waals surface area contributed by atoms with Crippen molar-refractivity contribution in [1.82, 2.24) is 0 Å². The standard InChI is InChI=1S/C14H16BrNO2/c1-9-7-11(15)12(10(2)13(9)18)14(16-8-17)5-3-4-6-14/h7,18H,3-6H2,1-2H3. The molecule has 1 aromatic carbocycles. The molecule has 1 aromatic rings. The molecule has 96 valence electrons. The van der Waals surface area contributed by atoms with Gasteiger partial charge in [0.05, 0.1) is 5.54 Å². The zero-order valence-corrected chi connectivity index (χ0v) is 12.2. The average Bonchev–Trinajstić information content (AvgIpc) is 2.76. The quantitative estimate of drug-likeness (QED) is 0.666. The smallest absolute Gasteiger partial charge is 0.235 e. The summed E-state index contributed by atoms with van der Waals surface area (Å²) in [5, 5.41) is 10.1. The van der Waals surface area contributed by atoms with Crippen LogP contribution in [0.15, 0.2) is 15.5 Å². The summed E-state index contributed by atoms with van der Waals surface area (Å²) >= 11 is 3.55. The Morgan fingerprint density at radius 1 is 1.39 bits per heavy atom. The summed E-state index contributed by atoms with van der Waals surface area (Å²) in [6.07, 6.45) is 5.48. The molecule has 0 saturated heterocycles. The number of hydrogen-bond donors (Lipinski definition) is 1. The van der Waals surface area contributed by atoms with Crippen LogP contribution in [0.3, 0.4) is 0 Å². The van der Waals surface area contributed by atoms with Crippen LogP contribution < -0.4 is 0 Å². The molecule has 0 spiro atoms. The lowest BCUT2D eigenvalue weighted by molar-refractivity contribution is 0.435. The van der Waals surface area contributed by atoms with Gasteiger partial charge in [0.1, 0.15) is 5.75 Å². The molecule has 0 heterocycles. The number of isocyanates is 1. The van der Waals surface area contributed by atoms with Gasteiger partial charge in [0.15, 0.2) is 0 Å². The number of halogens is 1. The summed E-state index contributed by atoms with van der Waals surface area (Å²) in [7, 11) is 0. The number of nitrogens with zero attached hydrogens (tertiary/aromatic N) is 1. The van der Waals surface area contributed by atoms with Gasteiger partial charge in [0, 0.05) is 10.0 Å². The Kier molecular flexibility index (Phi) is 3.60. The van der Waals surface area contributed by atoms with Crippen LogP contribution in [0.5, 0.6) is 5.75 Å². The third-order valence-electron chi connectivity index (χ3n) is 3.84. The van der Waals surface area contributed by atoms with Crippen molar-refractivity contribution >= 4 is 22.0 Å². The van der Waals surface area contributed by atoms with E-state index >= 15 is 0 Å². The van der Waals surface area contributed by atoms with Gasteiger partial charge in [-0.25, -0.2) is 4.79 Å². The first-order chi connectivity index (χ1) is 8.52. The van der Waals surface area contributed by atoms with Gasteiger partial charge in [-0.1, -0.05) is 28.8 Å². The van der Waals surface area contributed by atoms with Crippen molar-refractivity contribution < 1.29 is 9.90 Å². The van der Waals surface area contributed by atoms with Crippen molar-refractivity contribution in [3.63, 3.8) is 0 Å². The third kappa shape index (κ3) is 2.00. The molecule has 0 amide bonds. The fourth-order valence-corrected chi connectivity index (χ4v) is 3.97. The molecule has 18 heavy (non-hydrogen) atoms. The number of aromatic hydroxyl groups is 1. The van der Waals surface area contributed by atoms with E-state index in [1.54, 1.807) is 6.08 Å². The van der Waals surface area contributed by atoms with E-state index in [0.29, 0.717) is 5.75 Å². The number of aliphatic imine (C=N–C) groups is 1. The number of carbonyl (C=O) groups excluding carboxylic acids is 1. The van der Waals surface area contributed by atoms with Gasteiger partial charge in [-0.15, -0.1) is 0 Å². The molecule has 2 rings (SSSR count). The average molecular weight is 310 g/mol. The van der Waals surface area contributed by atoms with E-state index in [9.17, 15) is 9.90 Å². The topological polar surface area (TPSA) is 49.7 Å². The summed E-state index contributed by atoms with van der Waals surface area (Å²) in [6.45, 7) is 3.74. The highest BCUT2D eigenvalue weighted by molar-refractivity contribution is 9.10. The second-order valence-electron chi connectivity index (χ2n) is 4.97. The van der Waals surface area contributed by atoms with Crippen molar-refractivity contribution in [2.24, 2.45) is 4.99 Å². The lowest BCUT2D eigenvalue weighted by Crippen LogP contribution is -2.21. The van der Waals surface area contributed by atoms with Crippen LogP contribution in [0.25, 0.3) is 0 Å². The van der Waals surface area contributed by atoms with Gasteiger partial charge in [-0.05, 0) is 43.9 Å². The minimum absolute atomic E-state index is 0.292. The van der Waals surface area contributed by atoms with Crippen molar-refractivity contribution in [2.45, 2.75) is 45.1 Å². The molecule has 0 bridgehead atoms. The number of aryl methyl sites for hydroxylation is 1. The van der Waals surface area contributed by atoms with E-state index in [4.69, 9.17) is 0 Å². The Morgan fingerprint density at radius 2 is 2.00 bits per heavy atom. The lowest BCUT2D eigenvalue weighted by Gasteiger charge is -2.27. The molecule has 0 unspecified atom stereocenters. The van der Waals surface area contributed by atoms with Crippen LogP contribution >= 0.6 is 15.9 Å². The summed E-state index contributed by atoms with van der Waals surface area (Å²) in [4.78, 5) is 14.8. The van der Waals surface area contributed by atoms with E-state index in [1.165, 1.54) is 0 Å². The molecule has 1 aliphatic carbocycles. The fourth-order valence-electron chi connectivity index (χ4n) is 2.96. The van der Waals surface area contributed by atoms with Gasteiger partial charge >= 0.3 is 0 Å². The normalized spacial score (nSPS) is 17.5. The minimum atomic E-state index is -0.504. The summed E-state index contributed by atoms with van der Waals surface area (Å²) in [6, 6.07) is 1.89. The molecule has 0 radical (unpaired) electrons. The molecular formula is C14H16BrNO2. The maximum Gasteiger partial charge on any atom is 0.235 e. The summed E-state index contributed by atoms with van der Waals surface area (Å²) in [5.41, 5.74) is 2.07. The molecule has 0 aromatic heterocycles. The second-order valence-corrected chi connectivity index (χ2v) is 5.82. The fraction of sp³-hybridized carbons (Fsp3) is 0.500. The Hall–Kier alpha value is -1.12. The Balaban J connectivity index is 2.69. The minimum Gasteiger partial charge on any atom is -0.507 e. The van der Waals surface area contributed by atoms with Crippen LogP contribution in [0.4, 0.5) is 0 Å². The van der Waals surface area contributed by atoms with Crippen LogP contribution in [-0.4, -0.2) is 11.2 Å². The Bertz CT molecular complexity index is 527. The maximum absolute atomic E-state index is 10.7. The zero-order chi connectivity index (χ0) is 13.3. The molecular weight excluding hydrogens is 294 g/mol. The highest BCUT2D eigenvalue weighted by atomic mass is 79.9. The molecule has 1 N–H and O–H groups in total. The van der Waals surface area contributed by atoms with Crippen molar-refractivity contribution in [3.05, 3.63) is 27.2 Å². The molecule has 1 aliphatic rings. The highest BCUT2D eigenvalue weighted by Crippen LogP contribution is 2.48. The zero-order valence-electron chi connectivity index (χ0n) is 10.6. The predicted molar refractivity (Wildman–Crippen MR) is 73.5 cm³/mol. The van der Waals surface area contributed by atoms with Crippen molar-refractivity contribution in [2.75, 3.05) is 0 Å². The first-order valence-corrected chi connectivity index (χ1v) is 6.89. The SMILES string of the molecule is Cc1cc(Br)c(C2(N=C=O)CCCC2)c(C)c1O. The molecule has 4 heteroatoms. The van der Waals surface area contributed by atoms with E-state index in [0.717, 1.165) is 46.8 Å². The molecule has 1 saturated carbocycles. The van der Waals surface area contributed by atoms with Crippen molar-refractivity contribution in [1.29, 1.82) is 0 Å². The Labute approximate surface area is 115 Å².